The second-order valence-electron chi connectivity index (χ2n) is 6.13. The molecular formula is C20H24N4O3. The second-order valence-corrected chi connectivity index (χ2v) is 6.13. The highest BCUT2D eigenvalue weighted by atomic mass is 16.2. The minimum Gasteiger partial charge on any atom is -0.366 e. The number of amides is 3. The first-order valence-corrected chi connectivity index (χ1v) is 8.75. The molecule has 142 valence electrons. The van der Waals surface area contributed by atoms with Crippen molar-refractivity contribution in [1.29, 1.82) is 0 Å². The van der Waals surface area contributed by atoms with Gasteiger partial charge in [0.25, 0.3) is 11.8 Å². The molecule has 2 rings (SSSR count). The Morgan fingerprint density at radius 1 is 0.852 bits per heavy atom. The molecule has 2 aromatic carbocycles. The molecule has 0 aromatic heterocycles. The van der Waals surface area contributed by atoms with E-state index in [-0.39, 0.29) is 11.8 Å². The van der Waals surface area contributed by atoms with Crippen molar-refractivity contribution in [2.75, 3.05) is 0 Å². The van der Waals surface area contributed by atoms with E-state index in [1.165, 1.54) is 24.3 Å². The maximum atomic E-state index is 12.4. The largest absolute Gasteiger partial charge is 0.366 e. The lowest BCUT2D eigenvalue weighted by molar-refractivity contribution is 0.0878. The van der Waals surface area contributed by atoms with Crippen molar-refractivity contribution in [2.24, 2.45) is 11.5 Å². The standard InChI is InChI=1S/C20H24N4O3/c1-2-3-17(23-19(26)15-6-4-13(12-21)5-7-15)24-20(27)16-10-8-14(9-11-16)18(22)25/h4-11,17H,2-3,12,21H2,1H3,(H2,22,25)(H,23,26)(H,24,27). The van der Waals surface area contributed by atoms with Crippen molar-refractivity contribution in [1.82, 2.24) is 10.6 Å². The molecular weight excluding hydrogens is 344 g/mol. The number of primary amides is 1. The molecule has 1 unspecified atom stereocenters. The Kier molecular flexibility index (Phi) is 7.08. The first-order chi connectivity index (χ1) is 12.9. The van der Waals surface area contributed by atoms with Crippen LogP contribution in [0.4, 0.5) is 0 Å². The Morgan fingerprint density at radius 2 is 1.30 bits per heavy atom. The molecule has 0 radical (unpaired) electrons. The number of carbonyl (C=O) groups is 3. The molecule has 0 fully saturated rings. The van der Waals surface area contributed by atoms with Gasteiger partial charge in [0.2, 0.25) is 5.91 Å². The van der Waals surface area contributed by atoms with Crippen molar-refractivity contribution in [3.63, 3.8) is 0 Å². The van der Waals surface area contributed by atoms with Gasteiger partial charge in [-0.1, -0.05) is 25.5 Å². The van der Waals surface area contributed by atoms with Crippen LogP contribution in [0, 0.1) is 0 Å². The quantitative estimate of drug-likeness (QED) is 0.527. The SMILES string of the molecule is CCCC(NC(=O)c1ccc(CN)cc1)NC(=O)c1ccc(C(N)=O)cc1. The first kappa shape index (κ1) is 20.1. The van der Waals surface area contributed by atoms with E-state index >= 15 is 0 Å². The molecule has 0 saturated heterocycles. The van der Waals surface area contributed by atoms with Crippen LogP contribution in [0.1, 0.15) is 56.4 Å². The van der Waals surface area contributed by atoms with Crippen LogP contribution in [-0.4, -0.2) is 23.9 Å². The minimum atomic E-state index is -0.557. The lowest BCUT2D eigenvalue weighted by Crippen LogP contribution is -2.47. The number of hydrogen-bond donors (Lipinski definition) is 4. The highest BCUT2D eigenvalue weighted by Crippen LogP contribution is 2.07. The van der Waals surface area contributed by atoms with Crippen LogP contribution in [0.3, 0.4) is 0 Å². The lowest BCUT2D eigenvalue weighted by atomic mass is 10.1. The summed E-state index contributed by atoms with van der Waals surface area (Å²) in [5, 5.41) is 5.62. The van der Waals surface area contributed by atoms with E-state index in [0.29, 0.717) is 29.7 Å². The molecule has 1 atom stereocenters. The third kappa shape index (κ3) is 5.65. The van der Waals surface area contributed by atoms with E-state index in [1.54, 1.807) is 24.3 Å². The summed E-state index contributed by atoms with van der Waals surface area (Å²) in [6.45, 7) is 2.37. The molecule has 2 aromatic rings. The molecule has 0 aliphatic carbocycles. The Balaban J connectivity index is 2.03. The molecule has 0 bridgehead atoms. The van der Waals surface area contributed by atoms with Gasteiger partial charge in [0.15, 0.2) is 0 Å². The third-order valence-electron chi connectivity index (χ3n) is 4.07. The van der Waals surface area contributed by atoms with Gasteiger partial charge < -0.3 is 22.1 Å². The summed E-state index contributed by atoms with van der Waals surface area (Å²) in [5.41, 5.74) is 12.9. The maximum absolute atomic E-state index is 12.4. The molecule has 0 heterocycles. The summed E-state index contributed by atoms with van der Waals surface area (Å²) in [4.78, 5) is 36.0. The van der Waals surface area contributed by atoms with Crippen molar-refractivity contribution in [3.05, 3.63) is 70.8 Å². The summed E-state index contributed by atoms with van der Waals surface area (Å²) in [5.74, 6) is -1.18. The monoisotopic (exact) mass is 368 g/mol. The van der Waals surface area contributed by atoms with Gasteiger partial charge in [-0.15, -0.1) is 0 Å². The molecule has 0 saturated carbocycles. The van der Waals surface area contributed by atoms with Crippen molar-refractivity contribution >= 4 is 17.7 Å². The molecule has 7 nitrogen and oxygen atoms in total. The fourth-order valence-corrected chi connectivity index (χ4v) is 2.53. The van der Waals surface area contributed by atoms with E-state index in [1.807, 2.05) is 6.92 Å². The van der Waals surface area contributed by atoms with Gasteiger partial charge in [0.05, 0.1) is 0 Å². The van der Waals surface area contributed by atoms with E-state index in [4.69, 9.17) is 11.5 Å². The number of carbonyl (C=O) groups excluding carboxylic acids is 3. The van der Waals surface area contributed by atoms with Gasteiger partial charge in [0.1, 0.15) is 6.17 Å². The van der Waals surface area contributed by atoms with Crippen LogP contribution in [-0.2, 0) is 6.54 Å². The van der Waals surface area contributed by atoms with Gasteiger partial charge in [-0.25, -0.2) is 0 Å². The molecule has 7 heteroatoms. The van der Waals surface area contributed by atoms with Gasteiger partial charge >= 0.3 is 0 Å². The van der Waals surface area contributed by atoms with E-state index in [0.717, 1.165) is 12.0 Å². The second kappa shape index (κ2) is 9.49. The number of hydrogen-bond acceptors (Lipinski definition) is 4. The zero-order valence-electron chi connectivity index (χ0n) is 15.2. The normalized spacial score (nSPS) is 11.5. The maximum Gasteiger partial charge on any atom is 0.252 e. The summed E-state index contributed by atoms with van der Waals surface area (Å²) >= 11 is 0. The third-order valence-corrected chi connectivity index (χ3v) is 4.07. The number of benzene rings is 2. The molecule has 0 aliphatic rings. The molecule has 3 amide bonds. The summed E-state index contributed by atoms with van der Waals surface area (Å²) in [6, 6.07) is 13.0. The number of nitrogens with one attached hydrogen (secondary N) is 2. The Hall–Kier alpha value is -3.19. The van der Waals surface area contributed by atoms with Gasteiger partial charge in [-0.05, 0) is 48.4 Å². The fraction of sp³-hybridized carbons (Fsp3) is 0.250. The minimum absolute atomic E-state index is 0.276. The molecule has 27 heavy (non-hydrogen) atoms. The molecule has 0 spiro atoms. The van der Waals surface area contributed by atoms with Crippen LogP contribution in [0.2, 0.25) is 0 Å². The smallest absolute Gasteiger partial charge is 0.252 e. The van der Waals surface area contributed by atoms with Crippen molar-refractivity contribution < 1.29 is 14.4 Å². The Morgan fingerprint density at radius 3 is 1.70 bits per heavy atom. The molecule has 0 aliphatic heterocycles. The van der Waals surface area contributed by atoms with Crippen LogP contribution < -0.4 is 22.1 Å². The van der Waals surface area contributed by atoms with Crippen LogP contribution >= 0.6 is 0 Å². The van der Waals surface area contributed by atoms with Crippen molar-refractivity contribution in [2.45, 2.75) is 32.5 Å². The van der Waals surface area contributed by atoms with Crippen LogP contribution in [0.25, 0.3) is 0 Å². The first-order valence-electron chi connectivity index (χ1n) is 8.75. The Bertz CT molecular complexity index is 801. The van der Waals surface area contributed by atoms with E-state index in [9.17, 15) is 14.4 Å². The van der Waals surface area contributed by atoms with E-state index < -0.39 is 12.1 Å². The van der Waals surface area contributed by atoms with Crippen molar-refractivity contribution in [3.8, 4) is 0 Å². The van der Waals surface area contributed by atoms with Gasteiger partial charge in [-0.2, -0.15) is 0 Å². The molecule has 6 N–H and O–H groups in total. The highest BCUT2D eigenvalue weighted by Gasteiger charge is 2.16. The average molecular weight is 368 g/mol. The zero-order valence-corrected chi connectivity index (χ0v) is 15.2. The van der Waals surface area contributed by atoms with Crippen LogP contribution in [0.5, 0.6) is 0 Å². The van der Waals surface area contributed by atoms with Gasteiger partial charge in [-0.3, -0.25) is 14.4 Å². The summed E-state index contributed by atoms with van der Waals surface area (Å²) in [6.07, 6.45) is 0.843. The zero-order chi connectivity index (χ0) is 19.8. The van der Waals surface area contributed by atoms with Crippen LogP contribution in [0.15, 0.2) is 48.5 Å². The fourth-order valence-electron chi connectivity index (χ4n) is 2.53. The highest BCUT2D eigenvalue weighted by molar-refractivity contribution is 5.98. The average Bonchev–Trinajstić information content (AvgIpc) is 2.68. The number of nitrogens with two attached hydrogens (primary N) is 2. The van der Waals surface area contributed by atoms with Gasteiger partial charge in [0, 0.05) is 23.2 Å². The predicted molar refractivity (Wildman–Crippen MR) is 103 cm³/mol. The summed E-state index contributed by atoms with van der Waals surface area (Å²) in [7, 11) is 0. The number of rotatable bonds is 8. The topological polar surface area (TPSA) is 127 Å². The van der Waals surface area contributed by atoms with E-state index in [2.05, 4.69) is 10.6 Å². The predicted octanol–water partition coefficient (Wildman–Crippen LogP) is 1.53. The Labute approximate surface area is 158 Å². The summed E-state index contributed by atoms with van der Waals surface area (Å²) < 4.78 is 0. The lowest BCUT2D eigenvalue weighted by Gasteiger charge is -2.20.